The van der Waals surface area contributed by atoms with Crippen LogP contribution in [0.5, 0.6) is 0 Å². The average molecular weight is 533 g/mol. The molecule has 0 bridgehead atoms. The molecule has 190 valence electrons. The first-order valence-electron chi connectivity index (χ1n) is 11.3. The van der Waals surface area contributed by atoms with E-state index >= 15 is 0 Å². The normalized spacial score (nSPS) is 15.2. The summed E-state index contributed by atoms with van der Waals surface area (Å²) in [6.45, 7) is 2.47. The minimum absolute atomic E-state index is 0.104. The van der Waals surface area contributed by atoms with Gasteiger partial charge < -0.3 is 9.30 Å². The molecule has 0 spiro atoms. The van der Waals surface area contributed by atoms with E-state index in [2.05, 4.69) is 4.99 Å². The van der Waals surface area contributed by atoms with Gasteiger partial charge in [0.15, 0.2) is 4.80 Å². The Morgan fingerprint density at radius 1 is 1.11 bits per heavy atom. The van der Waals surface area contributed by atoms with Crippen LogP contribution >= 0.6 is 11.3 Å². The van der Waals surface area contributed by atoms with Crippen molar-refractivity contribution in [2.45, 2.75) is 37.6 Å². The van der Waals surface area contributed by atoms with Gasteiger partial charge in [0, 0.05) is 30.8 Å². The van der Waals surface area contributed by atoms with Crippen LogP contribution in [-0.2, 0) is 26.1 Å². The SMILES string of the molecule is CCOC(=O)Cn1c(=NC(=O)c2ccc(S(=O)(=O)N3CCCCC3)cc2)sc2ccc([N+](=O)[O-])cc21. The summed E-state index contributed by atoms with van der Waals surface area (Å²) in [4.78, 5) is 40.2. The molecule has 1 fully saturated rings. The molecule has 2 heterocycles. The van der Waals surface area contributed by atoms with Crippen LogP contribution in [0.1, 0.15) is 36.5 Å². The fourth-order valence-electron chi connectivity index (χ4n) is 3.92. The number of carbonyl (C=O) groups is 2. The van der Waals surface area contributed by atoms with Crippen molar-refractivity contribution in [1.82, 2.24) is 8.87 Å². The van der Waals surface area contributed by atoms with E-state index in [4.69, 9.17) is 4.74 Å². The van der Waals surface area contributed by atoms with Gasteiger partial charge in [0.05, 0.1) is 26.6 Å². The van der Waals surface area contributed by atoms with E-state index in [9.17, 15) is 28.1 Å². The van der Waals surface area contributed by atoms with Gasteiger partial charge in [0.1, 0.15) is 6.54 Å². The summed E-state index contributed by atoms with van der Waals surface area (Å²) in [7, 11) is -3.63. The molecule has 36 heavy (non-hydrogen) atoms. The standard InChI is InChI=1S/C23H24N4O7S2/c1-2-34-21(28)15-26-19-14-17(27(30)31)8-11-20(19)35-23(26)24-22(29)16-6-9-18(10-7-16)36(32,33)25-12-4-3-5-13-25/h6-11,14H,2-5,12-13,15H2,1H3. The van der Waals surface area contributed by atoms with Crippen LogP contribution in [0, 0.1) is 10.1 Å². The second kappa shape index (κ2) is 10.7. The number of carbonyl (C=O) groups excluding carboxylic acids is 2. The lowest BCUT2D eigenvalue weighted by Gasteiger charge is -2.25. The van der Waals surface area contributed by atoms with E-state index in [1.54, 1.807) is 6.92 Å². The molecule has 0 radical (unpaired) electrons. The number of sulfonamides is 1. The summed E-state index contributed by atoms with van der Waals surface area (Å²) in [6.07, 6.45) is 2.64. The Kier molecular flexibility index (Phi) is 7.62. The maximum atomic E-state index is 12.9. The summed E-state index contributed by atoms with van der Waals surface area (Å²) in [5.74, 6) is -1.22. The number of rotatable bonds is 7. The molecule has 1 amide bonds. The number of nitro benzene ring substituents is 1. The second-order valence-electron chi connectivity index (χ2n) is 8.09. The topological polar surface area (TPSA) is 141 Å². The van der Waals surface area contributed by atoms with Crippen molar-refractivity contribution < 1.29 is 27.7 Å². The number of esters is 1. The van der Waals surface area contributed by atoms with Crippen molar-refractivity contribution in [2.24, 2.45) is 4.99 Å². The molecule has 1 aliphatic rings. The molecular weight excluding hydrogens is 508 g/mol. The van der Waals surface area contributed by atoms with Gasteiger partial charge in [-0.15, -0.1) is 0 Å². The van der Waals surface area contributed by atoms with Gasteiger partial charge in [-0.1, -0.05) is 17.8 Å². The van der Waals surface area contributed by atoms with Gasteiger partial charge in [-0.3, -0.25) is 19.7 Å². The highest BCUT2D eigenvalue weighted by Gasteiger charge is 2.26. The van der Waals surface area contributed by atoms with Gasteiger partial charge in [-0.05, 0) is 50.1 Å². The van der Waals surface area contributed by atoms with E-state index in [1.807, 2.05) is 0 Å². The largest absolute Gasteiger partial charge is 0.465 e. The highest BCUT2D eigenvalue weighted by atomic mass is 32.2. The summed E-state index contributed by atoms with van der Waals surface area (Å²) < 4.78 is 34.2. The van der Waals surface area contributed by atoms with Gasteiger partial charge >= 0.3 is 5.97 Å². The van der Waals surface area contributed by atoms with Gasteiger partial charge in [0.25, 0.3) is 11.6 Å². The van der Waals surface area contributed by atoms with Crippen molar-refractivity contribution in [2.75, 3.05) is 19.7 Å². The molecule has 2 aromatic carbocycles. The number of hydrogen-bond acceptors (Lipinski definition) is 8. The molecule has 3 aromatic rings. The minimum atomic E-state index is -3.63. The maximum absolute atomic E-state index is 12.9. The number of thiazole rings is 1. The Balaban J connectivity index is 1.69. The molecule has 0 N–H and O–H groups in total. The smallest absolute Gasteiger partial charge is 0.326 e. The third-order valence-corrected chi connectivity index (χ3v) is 8.69. The number of nitro groups is 1. The third-order valence-electron chi connectivity index (χ3n) is 5.72. The zero-order chi connectivity index (χ0) is 25.9. The van der Waals surface area contributed by atoms with Gasteiger partial charge in [-0.25, -0.2) is 8.42 Å². The zero-order valence-corrected chi connectivity index (χ0v) is 21.1. The van der Waals surface area contributed by atoms with E-state index in [-0.39, 0.29) is 34.1 Å². The van der Waals surface area contributed by atoms with Gasteiger partial charge in [0.2, 0.25) is 10.0 Å². The fraction of sp³-hybridized carbons (Fsp3) is 0.348. The molecule has 4 rings (SSSR count). The highest BCUT2D eigenvalue weighted by molar-refractivity contribution is 7.89. The molecule has 0 saturated carbocycles. The van der Waals surface area contributed by atoms with E-state index in [1.165, 1.54) is 51.3 Å². The van der Waals surface area contributed by atoms with Crippen molar-refractivity contribution in [3.05, 3.63) is 62.9 Å². The number of ether oxygens (including phenoxy) is 1. The average Bonchev–Trinajstić information content (AvgIpc) is 3.20. The number of hydrogen-bond donors (Lipinski definition) is 0. The lowest BCUT2D eigenvalue weighted by Crippen LogP contribution is -2.35. The first-order valence-corrected chi connectivity index (χ1v) is 13.6. The van der Waals surface area contributed by atoms with Crippen LogP contribution in [0.15, 0.2) is 52.4 Å². The number of non-ortho nitro benzene ring substituents is 1. The molecule has 1 aromatic heterocycles. The summed E-state index contributed by atoms with van der Waals surface area (Å²) in [5, 5.41) is 11.2. The molecule has 0 unspecified atom stereocenters. The number of piperidine rings is 1. The number of amides is 1. The Bertz CT molecular complexity index is 1480. The summed E-state index contributed by atoms with van der Waals surface area (Å²) in [6, 6.07) is 9.74. The molecule has 0 atom stereocenters. The summed E-state index contributed by atoms with van der Waals surface area (Å²) in [5.41, 5.74) is 0.372. The van der Waals surface area contributed by atoms with Crippen molar-refractivity contribution >= 4 is 49.1 Å². The number of benzene rings is 2. The van der Waals surface area contributed by atoms with E-state index < -0.39 is 26.8 Å². The Hall–Kier alpha value is -3.42. The first-order chi connectivity index (χ1) is 17.2. The predicted molar refractivity (Wildman–Crippen MR) is 132 cm³/mol. The first kappa shape index (κ1) is 25.7. The summed E-state index contributed by atoms with van der Waals surface area (Å²) >= 11 is 1.10. The van der Waals surface area contributed by atoms with Crippen molar-refractivity contribution in [3.63, 3.8) is 0 Å². The molecular formula is C23H24N4O7S2. The van der Waals surface area contributed by atoms with Crippen LogP contribution in [0.3, 0.4) is 0 Å². The predicted octanol–water partition coefficient (Wildman–Crippen LogP) is 3.09. The minimum Gasteiger partial charge on any atom is -0.465 e. The van der Waals surface area contributed by atoms with Crippen LogP contribution in [0.4, 0.5) is 5.69 Å². The Labute approximate surface area is 210 Å². The molecule has 1 saturated heterocycles. The maximum Gasteiger partial charge on any atom is 0.326 e. The molecule has 11 nitrogen and oxygen atoms in total. The number of fused-ring (bicyclic) bond motifs is 1. The lowest BCUT2D eigenvalue weighted by atomic mass is 10.2. The highest BCUT2D eigenvalue weighted by Crippen LogP contribution is 2.24. The van der Waals surface area contributed by atoms with E-state index in [0.29, 0.717) is 23.3 Å². The second-order valence-corrected chi connectivity index (χ2v) is 11.0. The van der Waals surface area contributed by atoms with Crippen molar-refractivity contribution in [1.29, 1.82) is 0 Å². The van der Waals surface area contributed by atoms with Crippen LogP contribution in [-0.4, -0.2) is 53.8 Å². The lowest BCUT2D eigenvalue weighted by molar-refractivity contribution is -0.384. The Morgan fingerprint density at radius 3 is 2.44 bits per heavy atom. The number of aromatic nitrogens is 1. The monoisotopic (exact) mass is 532 g/mol. The van der Waals surface area contributed by atoms with Crippen LogP contribution in [0.2, 0.25) is 0 Å². The molecule has 0 aliphatic carbocycles. The van der Waals surface area contributed by atoms with Crippen LogP contribution in [0.25, 0.3) is 10.2 Å². The Morgan fingerprint density at radius 2 is 1.81 bits per heavy atom. The third kappa shape index (κ3) is 5.37. The molecule has 13 heteroatoms. The van der Waals surface area contributed by atoms with Gasteiger partial charge in [-0.2, -0.15) is 9.30 Å². The van der Waals surface area contributed by atoms with E-state index in [0.717, 1.165) is 30.6 Å². The zero-order valence-electron chi connectivity index (χ0n) is 19.5. The fourth-order valence-corrected chi connectivity index (χ4v) is 6.45. The van der Waals surface area contributed by atoms with Crippen LogP contribution < -0.4 is 4.80 Å². The molecule has 1 aliphatic heterocycles. The number of nitrogens with zero attached hydrogens (tertiary/aromatic N) is 4. The quantitative estimate of drug-likeness (QED) is 0.259. The van der Waals surface area contributed by atoms with Crippen molar-refractivity contribution in [3.8, 4) is 0 Å².